The predicted molar refractivity (Wildman–Crippen MR) is 114 cm³/mol. The van der Waals surface area contributed by atoms with E-state index in [2.05, 4.69) is 75.7 Å². The average Bonchev–Trinajstić information content (AvgIpc) is 2.69. The molecule has 0 aliphatic rings. The van der Waals surface area contributed by atoms with Crippen molar-refractivity contribution in [1.82, 2.24) is 9.97 Å². The summed E-state index contributed by atoms with van der Waals surface area (Å²) in [7, 11) is 0. The first-order valence-electron chi connectivity index (χ1n) is 9.43. The normalized spacial score (nSPS) is 10.5. The van der Waals surface area contributed by atoms with E-state index in [9.17, 15) is 0 Å². The van der Waals surface area contributed by atoms with Crippen LogP contribution in [-0.2, 0) is 6.54 Å². The molecule has 27 heavy (non-hydrogen) atoms. The molecule has 0 amide bonds. The van der Waals surface area contributed by atoms with Crippen LogP contribution in [0.4, 0.5) is 23.1 Å². The van der Waals surface area contributed by atoms with Crippen molar-refractivity contribution in [2.45, 2.75) is 27.3 Å². The third-order valence-corrected chi connectivity index (χ3v) is 4.42. The van der Waals surface area contributed by atoms with Crippen LogP contribution < -0.4 is 15.5 Å². The number of anilines is 4. The number of aromatic nitrogens is 2. The predicted octanol–water partition coefficient (Wildman–Crippen LogP) is 4.99. The van der Waals surface area contributed by atoms with Gasteiger partial charge in [0.2, 0.25) is 5.95 Å². The van der Waals surface area contributed by atoms with Crippen LogP contribution in [0, 0.1) is 6.92 Å². The van der Waals surface area contributed by atoms with E-state index in [0.717, 1.165) is 36.8 Å². The van der Waals surface area contributed by atoms with E-state index in [4.69, 9.17) is 0 Å². The highest BCUT2D eigenvalue weighted by atomic mass is 15.1. The highest BCUT2D eigenvalue weighted by molar-refractivity contribution is 5.60. The number of nitrogens with zero attached hydrogens (tertiary/aromatic N) is 3. The summed E-state index contributed by atoms with van der Waals surface area (Å²) in [5, 5.41) is 6.67. The average molecular weight is 361 g/mol. The maximum absolute atomic E-state index is 4.59. The third kappa shape index (κ3) is 5.20. The monoisotopic (exact) mass is 361 g/mol. The second kappa shape index (κ2) is 9.03. The highest BCUT2D eigenvalue weighted by Crippen LogP contribution is 2.21. The van der Waals surface area contributed by atoms with Crippen molar-refractivity contribution >= 4 is 23.1 Å². The Hall–Kier alpha value is -3.08. The van der Waals surface area contributed by atoms with Crippen LogP contribution in [0.25, 0.3) is 0 Å². The lowest BCUT2D eigenvalue weighted by Crippen LogP contribution is -2.21. The van der Waals surface area contributed by atoms with Crippen LogP contribution in [-0.4, -0.2) is 23.1 Å². The van der Waals surface area contributed by atoms with Crippen molar-refractivity contribution in [2.24, 2.45) is 0 Å². The first-order chi connectivity index (χ1) is 13.2. The molecule has 0 atom stereocenters. The zero-order valence-electron chi connectivity index (χ0n) is 16.2. The smallest absolute Gasteiger partial charge is 0.229 e. The molecule has 0 aliphatic heterocycles. The van der Waals surface area contributed by atoms with Gasteiger partial charge in [0.25, 0.3) is 0 Å². The maximum Gasteiger partial charge on any atom is 0.229 e. The van der Waals surface area contributed by atoms with E-state index in [-0.39, 0.29) is 0 Å². The lowest BCUT2D eigenvalue weighted by atomic mass is 10.2. The van der Waals surface area contributed by atoms with Gasteiger partial charge < -0.3 is 15.5 Å². The molecule has 5 nitrogen and oxygen atoms in total. The number of rotatable bonds is 8. The van der Waals surface area contributed by atoms with Gasteiger partial charge in [0, 0.05) is 42.8 Å². The summed E-state index contributed by atoms with van der Waals surface area (Å²) < 4.78 is 0. The molecule has 0 saturated carbocycles. The van der Waals surface area contributed by atoms with E-state index >= 15 is 0 Å². The molecule has 0 bridgehead atoms. The first-order valence-corrected chi connectivity index (χ1v) is 9.43. The summed E-state index contributed by atoms with van der Waals surface area (Å²) in [6.45, 7) is 9.04. The minimum atomic E-state index is 0.598. The lowest BCUT2D eigenvalue weighted by Gasteiger charge is -2.21. The molecule has 0 fully saturated rings. The van der Waals surface area contributed by atoms with Gasteiger partial charge in [-0.1, -0.05) is 30.3 Å². The summed E-state index contributed by atoms with van der Waals surface area (Å²) in [5.74, 6) is 1.41. The Labute approximate surface area is 161 Å². The van der Waals surface area contributed by atoms with Crippen LogP contribution in [0.3, 0.4) is 0 Å². The van der Waals surface area contributed by atoms with Crippen LogP contribution in [0.5, 0.6) is 0 Å². The molecule has 0 aliphatic carbocycles. The van der Waals surface area contributed by atoms with Gasteiger partial charge in [0.15, 0.2) is 0 Å². The SMILES string of the molecule is CCN(CC)c1ccc(Nc2nc(C)cc(NCc3ccccc3)n2)cc1. The van der Waals surface area contributed by atoms with Crippen LogP contribution in [0.2, 0.25) is 0 Å². The van der Waals surface area contributed by atoms with E-state index in [1.807, 2.05) is 31.2 Å². The van der Waals surface area contributed by atoms with Crippen molar-refractivity contribution in [3.63, 3.8) is 0 Å². The number of benzene rings is 2. The van der Waals surface area contributed by atoms with Crippen molar-refractivity contribution in [3.05, 3.63) is 71.9 Å². The Morgan fingerprint density at radius 2 is 1.59 bits per heavy atom. The summed E-state index contributed by atoms with van der Waals surface area (Å²) in [6, 6.07) is 20.6. The van der Waals surface area contributed by atoms with E-state index in [1.54, 1.807) is 0 Å². The summed E-state index contributed by atoms with van der Waals surface area (Å²) in [5.41, 5.74) is 4.34. The van der Waals surface area contributed by atoms with Gasteiger partial charge in [-0.15, -0.1) is 0 Å². The molecule has 3 aromatic rings. The van der Waals surface area contributed by atoms with Crippen molar-refractivity contribution < 1.29 is 0 Å². The first kappa shape index (κ1) is 18.7. The Bertz CT molecular complexity index is 842. The number of hydrogen-bond donors (Lipinski definition) is 2. The van der Waals surface area contributed by atoms with Crippen molar-refractivity contribution in [1.29, 1.82) is 0 Å². The van der Waals surface area contributed by atoms with E-state index in [0.29, 0.717) is 5.95 Å². The molecule has 5 heteroatoms. The Morgan fingerprint density at radius 3 is 2.26 bits per heavy atom. The van der Waals surface area contributed by atoms with Gasteiger partial charge in [0.05, 0.1) is 0 Å². The number of aryl methyl sites for hydroxylation is 1. The second-order valence-electron chi connectivity index (χ2n) is 6.40. The van der Waals surface area contributed by atoms with E-state index < -0.39 is 0 Å². The molecular formula is C22H27N5. The van der Waals surface area contributed by atoms with Crippen LogP contribution >= 0.6 is 0 Å². The third-order valence-electron chi connectivity index (χ3n) is 4.42. The molecule has 3 rings (SSSR count). The topological polar surface area (TPSA) is 53.1 Å². The van der Waals surface area contributed by atoms with Gasteiger partial charge in [-0.05, 0) is 50.6 Å². The van der Waals surface area contributed by atoms with Gasteiger partial charge in [-0.25, -0.2) is 4.98 Å². The van der Waals surface area contributed by atoms with Crippen molar-refractivity contribution in [2.75, 3.05) is 28.6 Å². The standard InChI is InChI=1S/C22H27N5/c1-4-27(5-2)20-13-11-19(12-14-20)25-22-24-17(3)15-21(26-22)23-16-18-9-7-6-8-10-18/h6-15H,4-5,16H2,1-3H3,(H2,23,24,25,26). The minimum Gasteiger partial charge on any atom is -0.372 e. The maximum atomic E-state index is 4.59. The quantitative estimate of drug-likeness (QED) is 0.592. The molecular weight excluding hydrogens is 334 g/mol. The highest BCUT2D eigenvalue weighted by Gasteiger charge is 2.05. The fraction of sp³-hybridized carbons (Fsp3) is 0.273. The van der Waals surface area contributed by atoms with Gasteiger partial charge in [-0.3, -0.25) is 0 Å². The molecule has 140 valence electrons. The largest absolute Gasteiger partial charge is 0.372 e. The van der Waals surface area contributed by atoms with Gasteiger partial charge in [0.1, 0.15) is 5.82 Å². The summed E-state index contributed by atoms with van der Waals surface area (Å²) in [4.78, 5) is 11.4. The Kier molecular flexibility index (Phi) is 6.26. The van der Waals surface area contributed by atoms with Crippen LogP contribution in [0.1, 0.15) is 25.1 Å². The zero-order valence-corrected chi connectivity index (χ0v) is 16.2. The van der Waals surface area contributed by atoms with Gasteiger partial charge >= 0.3 is 0 Å². The molecule has 0 saturated heterocycles. The zero-order chi connectivity index (χ0) is 19.1. The molecule has 2 N–H and O–H groups in total. The van der Waals surface area contributed by atoms with Crippen molar-refractivity contribution in [3.8, 4) is 0 Å². The lowest BCUT2D eigenvalue weighted by molar-refractivity contribution is 0.866. The molecule has 0 spiro atoms. The fourth-order valence-electron chi connectivity index (χ4n) is 2.98. The van der Waals surface area contributed by atoms with Gasteiger partial charge in [-0.2, -0.15) is 4.98 Å². The second-order valence-corrected chi connectivity index (χ2v) is 6.40. The van der Waals surface area contributed by atoms with Crippen LogP contribution in [0.15, 0.2) is 60.7 Å². The molecule has 2 aromatic carbocycles. The minimum absolute atomic E-state index is 0.598. The summed E-state index contributed by atoms with van der Waals surface area (Å²) >= 11 is 0. The Balaban J connectivity index is 1.68. The van der Waals surface area contributed by atoms with E-state index in [1.165, 1.54) is 11.3 Å². The Morgan fingerprint density at radius 1 is 0.889 bits per heavy atom. The number of nitrogens with one attached hydrogen (secondary N) is 2. The molecule has 1 heterocycles. The number of hydrogen-bond acceptors (Lipinski definition) is 5. The molecule has 1 aromatic heterocycles. The fourth-order valence-corrected chi connectivity index (χ4v) is 2.98. The summed E-state index contributed by atoms with van der Waals surface area (Å²) in [6.07, 6.45) is 0. The molecule has 0 radical (unpaired) electrons. The molecule has 0 unspecified atom stereocenters.